The Morgan fingerprint density at radius 3 is 2.67 bits per heavy atom. The molecule has 3 rings (SSSR count). The average molecular weight is 377 g/mol. The van der Waals surface area contributed by atoms with Crippen molar-refractivity contribution in [3.8, 4) is 0 Å². The predicted octanol–water partition coefficient (Wildman–Crippen LogP) is 3.54. The van der Waals surface area contributed by atoms with Gasteiger partial charge in [0.1, 0.15) is 6.33 Å². The van der Waals surface area contributed by atoms with E-state index in [0.29, 0.717) is 5.56 Å². The van der Waals surface area contributed by atoms with Crippen molar-refractivity contribution in [1.29, 1.82) is 0 Å². The van der Waals surface area contributed by atoms with E-state index in [-0.39, 0.29) is 5.91 Å². The highest BCUT2D eigenvalue weighted by Crippen LogP contribution is 2.20. The summed E-state index contributed by atoms with van der Waals surface area (Å²) in [6.07, 6.45) is 6.92. The minimum Gasteiger partial charge on any atom is -0.312 e. The van der Waals surface area contributed by atoms with Crippen LogP contribution in [-0.4, -0.2) is 26.9 Å². The van der Waals surface area contributed by atoms with E-state index in [1.54, 1.807) is 42.5 Å². The molecule has 2 aromatic carbocycles. The Balaban J connectivity index is 1.48. The maximum absolute atomic E-state index is 12.1. The topological polar surface area (TPSA) is 72.2 Å². The van der Waals surface area contributed by atoms with Crippen LogP contribution in [0.5, 0.6) is 0 Å². The van der Waals surface area contributed by atoms with E-state index in [1.807, 2.05) is 60.2 Å². The van der Waals surface area contributed by atoms with Crippen LogP contribution in [0.1, 0.15) is 21.5 Å². The van der Waals surface area contributed by atoms with Gasteiger partial charge in [0, 0.05) is 24.6 Å². The van der Waals surface area contributed by atoms with Gasteiger partial charge in [0.15, 0.2) is 5.16 Å². The van der Waals surface area contributed by atoms with E-state index < -0.39 is 0 Å². The maximum Gasteiger partial charge on any atom is 0.271 e. The normalized spacial score (nSPS) is 11.3. The number of rotatable bonds is 7. The Hall–Kier alpha value is -3.19. The molecule has 7 heteroatoms. The Morgan fingerprint density at radius 1 is 1.19 bits per heavy atom. The summed E-state index contributed by atoms with van der Waals surface area (Å²) in [5, 5.41) is 12.7. The van der Waals surface area contributed by atoms with E-state index in [1.165, 1.54) is 0 Å². The Kier molecular flexibility index (Phi) is 6.54. The van der Waals surface area contributed by atoms with Crippen LogP contribution in [-0.2, 0) is 12.8 Å². The Morgan fingerprint density at radius 2 is 1.96 bits per heavy atom. The second kappa shape index (κ2) is 9.49. The molecule has 27 heavy (non-hydrogen) atoms. The summed E-state index contributed by atoms with van der Waals surface area (Å²) >= 11 is 1.60. The standard InChI is InChI=1S/C20H19N5OS/c1-25-15-22-24-20(25)27-14-17-9-11-18(12-10-17)19(26)23-21-13-5-8-16-6-3-2-4-7-16/h2-13,15H,14H2,1H3,(H,23,26)/b8-5+,21-13-. The minimum atomic E-state index is -0.244. The zero-order valence-corrected chi connectivity index (χ0v) is 15.6. The molecule has 6 nitrogen and oxygen atoms in total. The molecule has 0 unspecified atom stereocenters. The molecule has 0 fully saturated rings. The molecule has 1 amide bonds. The summed E-state index contributed by atoms with van der Waals surface area (Å²) in [5.74, 6) is 0.517. The zero-order chi connectivity index (χ0) is 18.9. The van der Waals surface area contributed by atoms with Crippen molar-refractivity contribution in [1.82, 2.24) is 20.2 Å². The fraction of sp³-hybridized carbons (Fsp3) is 0.100. The molecule has 0 saturated carbocycles. The molecular weight excluding hydrogens is 358 g/mol. The second-order valence-corrected chi connectivity index (χ2v) is 6.64. The fourth-order valence-corrected chi connectivity index (χ4v) is 3.07. The third-order valence-electron chi connectivity index (χ3n) is 3.67. The van der Waals surface area contributed by atoms with Crippen molar-refractivity contribution in [2.75, 3.05) is 0 Å². The first kappa shape index (κ1) is 18.6. The third kappa shape index (κ3) is 5.65. The predicted molar refractivity (Wildman–Crippen MR) is 108 cm³/mol. The summed E-state index contributed by atoms with van der Waals surface area (Å²) in [5.41, 5.74) is 5.26. The molecule has 1 N–H and O–H groups in total. The average Bonchev–Trinajstić information content (AvgIpc) is 3.12. The molecule has 3 aromatic rings. The monoisotopic (exact) mass is 377 g/mol. The lowest BCUT2D eigenvalue weighted by molar-refractivity contribution is 0.0955. The summed E-state index contributed by atoms with van der Waals surface area (Å²) in [6.45, 7) is 0. The molecule has 0 aliphatic rings. The number of hydrogen-bond donors (Lipinski definition) is 1. The van der Waals surface area contributed by atoms with Gasteiger partial charge in [-0.3, -0.25) is 4.79 Å². The van der Waals surface area contributed by atoms with Crippen LogP contribution < -0.4 is 5.43 Å². The zero-order valence-electron chi connectivity index (χ0n) is 14.8. The molecule has 0 aliphatic carbocycles. The molecule has 0 aliphatic heterocycles. The van der Waals surface area contributed by atoms with E-state index in [0.717, 1.165) is 22.0 Å². The van der Waals surface area contributed by atoms with E-state index in [4.69, 9.17) is 0 Å². The van der Waals surface area contributed by atoms with Crippen LogP contribution >= 0.6 is 11.8 Å². The summed E-state index contributed by atoms with van der Waals surface area (Å²) in [7, 11) is 1.91. The number of carbonyl (C=O) groups excluding carboxylic acids is 1. The summed E-state index contributed by atoms with van der Waals surface area (Å²) in [4.78, 5) is 12.1. The van der Waals surface area contributed by atoms with E-state index >= 15 is 0 Å². The number of allylic oxidation sites excluding steroid dienone is 1. The quantitative estimate of drug-likeness (QED) is 0.388. The van der Waals surface area contributed by atoms with Gasteiger partial charge in [0.25, 0.3) is 5.91 Å². The van der Waals surface area contributed by atoms with Crippen LogP contribution in [0.3, 0.4) is 0 Å². The van der Waals surface area contributed by atoms with Gasteiger partial charge in [-0.2, -0.15) is 5.10 Å². The molecular formula is C20H19N5OS. The number of aryl methyl sites for hydroxylation is 1. The van der Waals surface area contributed by atoms with Crippen molar-refractivity contribution in [3.63, 3.8) is 0 Å². The summed E-state index contributed by atoms with van der Waals surface area (Å²) < 4.78 is 1.87. The molecule has 136 valence electrons. The minimum absolute atomic E-state index is 0.244. The van der Waals surface area contributed by atoms with Gasteiger partial charge in [-0.05, 0) is 29.3 Å². The number of carbonyl (C=O) groups is 1. The van der Waals surface area contributed by atoms with Gasteiger partial charge in [0.05, 0.1) is 0 Å². The van der Waals surface area contributed by atoms with Crippen molar-refractivity contribution < 1.29 is 4.79 Å². The number of nitrogens with one attached hydrogen (secondary N) is 1. The lowest BCUT2D eigenvalue weighted by atomic mass is 10.1. The van der Waals surface area contributed by atoms with Crippen LogP contribution in [0.2, 0.25) is 0 Å². The van der Waals surface area contributed by atoms with Gasteiger partial charge in [0.2, 0.25) is 0 Å². The maximum atomic E-state index is 12.1. The molecule has 0 spiro atoms. The molecule has 0 bridgehead atoms. The molecule has 0 saturated heterocycles. The first-order valence-corrected chi connectivity index (χ1v) is 9.32. The van der Waals surface area contributed by atoms with Gasteiger partial charge >= 0.3 is 0 Å². The van der Waals surface area contributed by atoms with Crippen molar-refractivity contribution in [2.24, 2.45) is 12.1 Å². The molecule has 1 aromatic heterocycles. The van der Waals surface area contributed by atoms with Gasteiger partial charge in [-0.1, -0.05) is 60.3 Å². The molecule has 1 heterocycles. The van der Waals surface area contributed by atoms with Gasteiger partial charge in [-0.25, -0.2) is 5.43 Å². The largest absolute Gasteiger partial charge is 0.312 e. The summed E-state index contributed by atoms with van der Waals surface area (Å²) in [6, 6.07) is 17.3. The number of benzene rings is 2. The van der Waals surface area contributed by atoms with Crippen molar-refractivity contribution in [2.45, 2.75) is 10.9 Å². The highest BCUT2D eigenvalue weighted by Gasteiger charge is 2.05. The van der Waals surface area contributed by atoms with Crippen LogP contribution in [0.4, 0.5) is 0 Å². The SMILES string of the molecule is Cn1cnnc1SCc1ccc(C(=O)N/N=C\C=C\c2ccccc2)cc1. The number of hydrogen-bond acceptors (Lipinski definition) is 5. The first-order valence-electron chi connectivity index (χ1n) is 8.33. The molecule has 0 atom stereocenters. The van der Waals surface area contributed by atoms with Crippen LogP contribution in [0, 0.1) is 0 Å². The highest BCUT2D eigenvalue weighted by molar-refractivity contribution is 7.98. The van der Waals surface area contributed by atoms with Crippen molar-refractivity contribution in [3.05, 3.63) is 83.7 Å². The number of nitrogens with zero attached hydrogens (tertiary/aromatic N) is 4. The number of aromatic nitrogens is 3. The number of thioether (sulfide) groups is 1. The van der Waals surface area contributed by atoms with E-state index in [2.05, 4.69) is 20.7 Å². The Labute approximate surface area is 162 Å². The highest BCUT2D eigenvalue weighted by atomic mass is 32.2. The number of hydrazone groups is 1. The fourth-order valence-electron chi connectivity index (χ4n) is 2.23. The van der Waals surface area contributed by atoms with Gasteiger partial charge < -0.3 is 4.57 Å². The van der Waals surface area contributed by atoms with Gasteiger partial charge in [-0.15, -0.1) is 10.2 Å². The third-order valence-corrected chi connectivity index (χ3v) is 4.77. The smallest absolute Gasteiger partial charge is 0.271 e. The number of amides is 1. The second-order valence-electron chi connectivity index (χ2n) is 5.70. The lowest BCUT2D eigenvalue weighted by Gasteiger charge is -2.03. The van der Waals surface area contributed by atoms with Crippen molar-refractivity contribution >= 4 is 30.0 Å². The Bertz CT molecular complexity index is 933. The molecule has 0 radical (unpaired) electrons. The lowest BCUT2D eigenvalue weighted by Crippen LogP contribution is -2.17. The van der Waals surface area contributed by atoms with Crippen LogP contribution in [0.25, 0.3) is 6.08 Å². The van der Waals surface area contributed by atoms with E-state index in [9.17, 15) is 4.79 Å². The first-order chi connectivity index (χ1) is 13.2. The van der Waals surface area contributed by atoms with Crippen LogP contribution in [0.15, 0.2) is 77.3 Å².